The number of hydrogen-bond donors (Lipinski definition) is 2. The number of aromatic nitrogens is 2. The summed E-state index contributed by atoms with van der Waals surface area (Å²) >= 11 is 0. The van der Waals surface area contributed by atoms with Crippen LogP contribution in [0.25, 0.3) is 11.4 Å². The number of rotatable bonds is 4. The molecule has 0 unspecified atom stereocenters. The minimum Gasteiger partial charge on any atom is -0.345 e. The highest BCUT2D eigenvalue weighted by atomic mass is 32.2. The number of aryl methyl sites for hydroxylation is 2. The predicted octanol–water partition coefficient (Wildman–Crippen LogP) is 3.37. The molecule has 0 saturated heterocycles. The van der Waals surface area contributed by atoms with Crippen molar-refractivity contribution in [1.29, 1.82) is 0 Å². The van der Waals surface area contributed by atoms with Gasteiger partial charge in [-0.1, -0.05) is 18.2 Å². The minimum atomic E-state index is -3.60. The van der Waals surface area contributed by atoms with Gasteiger partial charge in [-0.05, 0) is 54.7 Å². The van der Waals surface area contributed by atoms with Crippen molar-refractivity contribution in [3.8, 4) is 11.4 Å². The lowest BCUT2D eigenvalue weighted by molar-refractivity contribution is 0.601. The molecule has 1 aromatic heterocycles. The molecule has 2 N–H and O–H groups in total. The number of hydrogen-bond acceptors (Lipinski definition) is 3. The first-order valence-corrected chi connectivity index (χ1v) is 9.35. The summed E-state index contributed by atoms with van der Waals surface area (Å²) in [4.78, 5) is 7.52. The standard InChI is InChI=1S/C18H17N3O2S/c22-24(23,17-8-7-13-3-1-4-14(13)12-17)21-16-6-2-5-15(11-16)18-19-9-10-20-18/h2,5-12,21H,1,3-4H2,(H,19,20). The molecule has 0 aliphatic heterocycles. The summed E-state index contributed by atoms with van der Waals surface area (Å²) in [7, 11) is -3.60. The van der Waals surface area contributed by atoms with E-state index in [1.807, 2.05) is 12.1 Å². The molecule has 0 radical (unpaired) electrons. The Morgan fingerprint density at radius 2 is 1.92 bits per heavy atom. The number of imidazole rings is 1. The second kappa shape index (κ2) is 5.79. The van der Waals surface area contributed by atoms with Crippen molar-refractivity contribution in [2.24, 2.45) is 0 Å². The van der Waals surface area contributed by atoms with E-state index in [9.17, 15) is 8.42 Å². The fraction of sp³-hybridized carbons (Fsp3) is 0.167. The Labute approximate surface area is 140 Å². The van der Waals surface area contributed by atoms with E-state index in [-0.39, 0.29) is 0 Å². The van der Waals surface area contributed by atoms with Gasteiger partial charge in [-0.2, -0.15) is 0 Å². The number of nitrogens with one attached hydrogen (secondary N) is 2. The lowest BCUT2D eigenvalue weighted by atomic mass is 10.1. The van der Waals surface area contributed by atoms with Crippen LogP contribution in [0.4, 0.5) is 5.69 Å². The van der Waals surface area contributed by atoms with Crippen LogP contribution in [0.3, 0.4) is 0 Å². The quantitative estimate of drug-likeness (QED) is 0.765. The van der Waals surface area contributed by atoms with Gasteiger partial charge in [0.25, 0.3) is 10.0 Å². The van der Waals surface area contributed by atoms with Crippen LogP contribution >= 0.6 is 0 Å². The SMILES string of the molecule is O=S(=O)(Nc1cccc(-c2ncc[nH]2)c1)c1ccc2c(c1)CCC2. The fourth-order valence-electron chi connectivity index (χ4n) is 3.08. The van der Waals surface area contributed by atoms with Crippen LogP contribution in [0, 0.1) is 0 Å². The first-order chi connectivity index (χ1) is 11.6. The molecular weight excluding hydrogens is 322 g/mol. The zero-order valence-electron chi connectivity index (χ0n) is 13.0. The van der Waals surface area contributed by atoms with E-state index in [0.717, 1.165) is 30.4 Å². The smallest absolute Gasteiger partial charge is 0.261 e. The molecule has 0 spiro atoms. The van der Waals surface area contributed by atoms with Gasteiger partial charge in [-0.25, -0.2) is 13.4 Å². The third-order valence-corrected chi connectivity index (χ3v) is 5.65. The Morgan fingerprint density at radius 1 is 1.04 bits per heavy atom. The van der Waals surface area contributed by atoms with Crippen LogP contribution in [0.2, 0.25) is 0 Å². The van der Waals surface area contributed by atoms with E-state index in [1.165, 1.54) is 5.56 Å². The fourth-order valence-corrected chi connectivity index (χ4v) is 4.18. The highest BCUT2D eigenvalue weighted by molar-refractivity contribution is 7.92. The molecule has 122 valence electrons. The molecule has 1 aliphatic rings. The number of H-pyrrole nitrogens is 1. The summed E-state index contributed by atoms with van der Waals surface area (Å²) in [5.74, 6) is 0.702. The average molecular weight is 339 g/mol. The lowest BCUT2D eigenvalue weighted by Gasteiger charge is -2.10. The van der Waals surface area contributed by atoms with Crippen molar-refractivity contribution in [1.82, 2.24) is 9.97 Å². The number of sulfonamides is 1. The monoisotopic (exact) mass is 339 g/mol. The van der Waals surface area contributed by atoms with Crippen LogP contribution in [0.1, 0.15) is 17.5 Å². The van der Waals surface area contributed by atoms with Gasteiger partial charge in [0.05, 0.1) is 4.90 Å². The molecule has 0 fully saturated rings. The van der Waals surface area contributed by atoms with Crippen molar-refractivity contribution < 1.29 is 8.42 Å². The van der Waals surface area contributed by atoms with Gasteiger partial charge in [0, 0.05) is 23.6 Å². The van der Waals surface area contributed by atoms with Crippen LogP contribution in [-0.2, 0) is 22.9 Å². The average Bonchev–Trinajstić information content (AvgIpc) is 3.25. The van der Waals surface area contributed by atoms with Gasteiger partial charge in [0.1, 0.15) is 5.82 Å². The Kier molecular flexibility index (Phi) is 3.61. The second-order valence-electron chi connectivity index (χ2n) is 5.91. The third-order valence-electron chi connectivity index (χ3n) is 4.27. The van der Waals surface area contributed by atoms with Crippen molar-refractivity contribution >= 4 is 15.7 Å². The molecule has 4 rings (SSSR count). The largest absolute Gasteiger partial charge is 0.345 e. The summed E-state index contributed by atoms with van der Waals surface area (Å²) in [6.45, 7) is 0. The maximum atomic E-state index is 12.7. The van der Waals surface area contributed by atoms with Crippen LogP contribution < -0.4 is 4.72 Å². The Balaban J connectivity index is 1.63. The second-order valence-corrected chi connectivity index (χ2v) is 7.59. The van der Waals surface area contributed by atoms with Gasteiger partial charge in [-0.15, -0.1) is 0 Å². The number of benzene rings is 2. The highest BCUT2D eigenvalue weighted by Gasteiger charge is 2.18. The zero-order valence-corrected chi connectivity index (χ0v) is 13.8. The molecule has 6 heteroatoms. The normalized spacial score (nSPS) is 13.7. The summed E-state index contributed by atoms with van der Waals surface area (Å²) < 4.78 is 28.0. The van der Waals surface area contributed by atoms with E-state index in [2.05, 4.69) is 14.7 Å². The van der Waals surface area contributed by atoms with Crippen molar-refractivity contribution in [2.75, 3.05) is 4.72 Å². The van der Waals surface area contributed by atoms with Crippen LogP contribution in [0.15, 0.2) is 59.8 Å². The van der Waals surface area contributed by atoms with E-state index in [1.54, 1.807) is 42.7 Å². The van der Waals surface area contributed by atoms with Gasteiger partial charge in [0.15, 0.2) is 0 Å². The number of fused-ring (bicyclic) bond motifs is 1. The number of nitrogens with zero attached hydrogens (tertiary/aromatic N) is 1. The van der Waals surface area contributed by atoms with E-state index >= 15 is 0 Å². The number of aromatic amines is 1. The maximum Gasteiger partial charge on any atom is 0.261 e. The van der Waals surface area contributed by atoms with Gasteiger partial charge < -0.3 is 4.98 Å². The highest BCUT2D eigenvalue weighted by Crippen LogP contribution is 2.26. The van der Waals surface area contributed by atoms with Crippen molar-refractivity contribution in [2.45, 2.75) is 24.2 Å². The van der Waals surface area contributed by atoms with Crippen LogP contribution in [-0.4, -0.2) is 18.4 Å². The minimum absolute atomic E-state index is 0.312. The summed E-state index contributed by atoms with van der Waals surface area (Å²) in [6, 6.07) is 12.6. The summed E-state index contributed by atoms with van der Waals surface area (Å²) in [5.41, 5.74) is 3.74. The molecule has 0 amide bonds. The van der Waals surface area contributed by atoms with Crippen molar-refractivity contribution in [3.63, 3.8) is 0 Å². The molecule has 1 aliphatic carbocycles. The van der Waals surface area contributed by atoms with Gasteiger partial charge in [0.2, 0.25) is 0 Å². The first kappa shape index (κ1) is 15.0. The predicted molar refractivity (Wildman–Crippen MR) is 93.3 cm³/mol. The molecule has 0 saturated carbocycles. The molecule has 0 bridgehead atoms. The van der Waals surface area contributed by atoms with E-state index in [4.69, 9.17) is 0 Å². The topological polar surface area (TPSA) is 74.8 Å². The van der Waals surface area contributed by atoms with Crippen molar-refractivity contribution in [3.05, 3.63) is 66.0 Å². The summed E-state index contributed by atoms with van der Waals surface area (Å²) in [5, 5.41) is 0. The lowest BCUT2D eigenvalue weighted by Crippen LogP contribution is -2.13. The molecule has 0 atom stereocenters. The first-order valence-electron chi connectivity index (χ1n) is 7.86. The Morgan fingerprint density at radius 3 is 2.75 bits per heavy atom. The zero-order chi connectivity index (χ0) is 16.6. The van der Waals surface area contributed by atoms with E-state index in [0.29, 0.717) is 16.4 Å². The molecule has 5 nitrogen and oxygen atoms in total. The number of anilines is 1. The molecule has 2 aromatic carbocycles. The molecule has 3 aromatic rings. The molecular formula is C18H17N3O2S. The van der Waals surface area contributed by atoms with Gasteiger partial charge in [-0.3, -0.25) is 4.72 Å². The van der Waals surface area contributed by atoms with Crippen LogP contribution in [0.5, 0.6) is 0 Å². The van der Waals surface area contributed by atoms with E-state index < -0.39 is 10.0 Å². The third kappa shape index (κ3) is 2.80. The molecule has 24 heavy (non-hydrogen) atoms. The van der Waals surface area contributed by atoms with Gasteiger partial charge >= 0.3 is 0 Å². The summed E-state index contributed by atoms with van der Waals surface area (Å²) in [6.07, 6.45) is 6.48. The molecule has 1 heterocycles. The maximum absolute atomic E-state index is 12.7. The Hall–Kier alpha value is -2.60. The Bertz CT molecular complexity index is 979.